The summed E-state index contributed by atoms with van der Waals surface area (Å²) < 4.78 is 76.9. The number of rotatable bonds is 2. The lowest BCUT2D eigenvalue weighted by Gasteiger charge is -2.57. The van der Waals surface area contributed by atoms with Crippen LogP contribution in [-0.2, 0) is 20.5 Å². The first kappa shape index (κ1) is 22.6. The van der Waals surface area contributed by atoms with Gasteiger partial charge in [0.2, 0.25) is 0 Å². The van der Waals surface area contributed by atoms with E-state index in [4.69, 9.17) is 4.74 Å². The van der Waals surface area contributed by atoms with Crippen molar-refractivity contribution in [3.63, 3.8) is 0 Å². The zero-order valence-electron chi connectivity index (χ0n) is 18.1. The Labute approximate surface area is 190 Å². The zero-order chi connectivity index (χ0) is 24.8. The van der Waals surface area contributed by atoms with E-state index in [9.17, 15) is 37.0 Å². The van der Waals surface area contributed by atoms with E-state index in [-0.39, 0.29) is 29.0 Å². The molecule has 0 saturated heterocycles. The van der Waals surface area contributed by atoms with Crippen molar-refractivity contribution in [1.29, 1.82) is 0 Å². The quantitative estimate of drug-likeness (QED) is 0.472. The predicted molar refractivity (Wildman–Crippen MR) is 111 cm³/mol. The van der Waals surface area contributed by atoms with Crippen molar-refractivity contribution in [2.24, 2.45) is 5.41 Å². The van der Waals surface area contributed by atoms with Crippen molar-refractivity contribution in [1.82, 2.24) is 4.57 Å². The summed E-state index contributed by atoms with van der Waals surface area (Å²) in [5.74, 6) is -4.41. The average Bonchev–Trinajstić information content (AvgIpc) is 3.06. The first-order chi connectivity index (χ1) is 15.7. The Morgan fingerprint density at radius 1 is 1.09 bits per heavy atom. The van der Waals surface area contributed by atoms with Gasteiger partial charge in [0, 0.05) is 46.7 Å². The Balaban J connectivity index is 1.84. The van der Waals surface area contributed by atoms with Crippen LogP contribution in [0.15, 0.2) is 36.4 Å². The number of alkyl halides is 3. The van der Waals surface area contributed by atoms with Gasteiger partial charge in [-0.05, 0) is 24.3 Å². The predicted octanol–water partition coefficient (Wildman–Crippen LogP) is 5.54. The van der Waals surface area contributed by atoms with Gasteiger partial charge < -0.3 is 19.5 Å². The highest BCUT2D eigenvalue weighted by atomic mass is 19.4. The number of fused-ring (bicyclic) bond motifs is 4. The van der Waals surface area contributed by atoms with Crippen LogP contribution in [0.4, 0.5) is 22.0 Å². The van der Waals surface area contributed by atoms with E-state index in [0.717, 1.165) is 12.1 Å². The molecule has 1 saturated carbocycles. The molecule has 1 aliphatic carbocycles. The highest BCUT2D eigenvalue weighted by Crippen LogP contribution is 2.67. The number of hydrogen-bond acceptors (Lipinski definition) is 3. The molecule has 1 spiro atoms. The lowest BCUT2D eigenvalue weighted by Crippen LogP contribution is -2.64. The second-order valence-corrected chi connectivity index (χ2v) is 9.73. The fraction of sp³-hybridized carbons (Fsp3) is 0.375. The molecule has 0 amide bonds. The molecule has 0 unspecified atom stereocenters. The third kappa shape index (κ3) is 2.77. The van der Waals surface area contributed by atoms with Gasteiger partial charge in [-0.25, -0.2) is 8.78 Å². The highest BCUT2D eigenvalue weighted by Gasteiger charge is 2.75. The minimum Gasteiger partial charge on any atom is -0.507 e. The summed E-state index contributed by atoms with van der Waals surface area (Å²) in [6, 6.07) is 7.73. The number of carboxylic acid groups (broad SMARTS) is 1. The number of halogens is 5. The van der Waals surface area contributed by atoms with Gasteiger partial charge in [-0.3, -0.25) is 4.79 Å². The first-order valence-corrected chi connectivity index (χ1v) is 10.5. The fourth-order valence-corrected chi connectivity index (χ4v) is 5.43. The summed E-state index contributed by atoms with van der Waals surface area (Å²) in [5.41, 5.74) is -4.19. The van der Waals surface area contributed by atoms with Crippen LogP contribution >= 0.6 is 0 Å². The van der Waals surface area contributed by atoms with Crippen LogP contribution in [0.25, 0.3) is 16.6 Å². The monoisotopic (exact) mass is 481 g/mol. The molecule has 2 N–H and O–H groups in total. The van der Waals surface area contributed by atoms with Gasteiger partial charge in [0.25, 0.3) is 0 Å². The van der Waals surface area contributed by atoms with Gasteiger partial charge in [0.1, 0.15) is 5.75 Å². The number of aromatic hydroxyl groups is 1. The van der Waals surface area contributed by atoms with E-state index in [1.54, 1.807) is 24.5 Å². The number of phenolic OH excluding ortho intramolecular Hbond substituents is 1. The third-order valence-electron chi connectivity index (χ3n) is 7.07. The van der Waals surface area contributed by atoms with Gasteiger partial charge in [-0.2, -0.15) is 13.2 Å². The molecule has 10 heteroatoms. The SMILES string of the molecule is CC1(C)COC2(CC(C(=O)O)(C(F)(F)F)C2)c2c1n(-c1ccc(F)c(F)c1)c1cccc(O)c21. The lowest BCUT2D eigenvalue weighted by molar-refractivity contribution is -0.307. The van der Waals surface area contributed by atoms with Crippen LogP contribution in [-0.4, -0.2) is 33.5 Å². The molecule has 3 aromatic rings. The second-order valence-electron chi connectivity index (χ2n) is 9.73. The van der Waals surface area contributed by atoms with Gasteiger partial charge in [0.15, 0.2) is 17.0 Å². The molecule has 0 atom stereocenters. The molecular weight excluding hydrogens is 461 g/mol. The van der Waals surface area contributed by atoms with Crippen LogP contribution in [0.5, 0.6) is 5.75 Å². The molecule has 180 valence electrons. The topological polar surface area (TPSA) is 71.7 Å². The highest BCUT2D eigenvalue weighted by molar-refractivity contribution is 5.94. The minimum atomic E-state index is -5.01. The van der Waals surface area contributed by atoms with E-state index in [1.165, 1.54) is 18.2 Å². The summed E-state index contributed by atoms with van der Waals surface area (Å²) in [7, 11) is 0. The maximum Gasteiger partial charge on any atom is 0.405 e. The maximum atomic E-state index is 14.2. The molecule has 1 fully saturated rings. The first-order valence-electron chi connectivity index (χ1n) is 10.5. The summed E-state index contributed by atoms with van der Waals surface area (Å²) in [5, 5.41) is 20.4. The number of aromatic nitrogens is 1. The molecule has 2 heterocycles. The van der Waals surface area contributed by atoms with Gasteiger partial charge >= 0.3 is 12.1 Å². The number of hydrogen-bond donors (Lipinski definition) is 2. The summed E-state index contributed by atoms with van der Waals surface area (Å²) in [6.45, 7) is 3.50. The van der Waals surface area contributed by atoms with Crippen molar-refractivity contribution < 1.29 is 41.7 Å². The van der Waals surface area contributed by atoms with Gasteiger partial charge in [-0.15, -0.1) is 0 Å². The van der Waals surface area contributed by atoms with Gasteiger partial charge in [0.05, 0.1) is 17.7 Å². The zero-order valence-corrected chi connectivity index (χ0v) is 18.1. The average molecular weight is 481 g/mol. The number of phenols is 1. The summed E-state index contributed by atoms with van der Waals surface area (Å²) >= 11 is 0. The number of benzene rings is 2. The molecule has 0 radical (unpaired) electrons. The van der Waals surface area contributed by atoms with Crippen LogP contribution < -0.4 is 0 Å². The van der Waals surface area contributed by atoms with E-state index in [1.807, 2.05) is 0 Å². The molecule has 1 aliphatic heterocycles. The molecule has 5 nitrogen and oxygen atoms in total. The molecule has 0 bridgehead atoms. The lowest BCUT2D eigenvalue weighted by atomic mass is 9.54. The number of carboxylic acids is 1. The largest absolute Gasteiger partial charge is 0.507 e. The van der Waals surface area contributed by atoms with Crippen LogP contribution in [0.1, 0.15) is 37.9 Å². The summed E-state index contributed by atoms with van der Waals surface area (Å²) in [6.07, 6.45) is -6.75. The third-order valence-corrected chi connectivity index (χ3v) is 7.07. The number of nitrogens with zero attached hydrogens (tertiary/aromatic N) is 1. The van der Waals surface area contributed by atoms with E-state index in [0.29, 0.717) is 11.2 Å². The summed E-state index contributed by atoms with van der Waals surface area (Å²) in [4.78, 5) is 11.7. The van der Waals surface area contributed by atoms with E-state index >= 15 is 0 Å². The van der Waals surface area contributed by atoms with Crippen molar-refractivity contribution in [2.75, 3.05) is 6.61 Å². The smallest absolute Gasteiger partial charge is 0.405 e. The molecule has 1 aromatic heterocycles. The van der Waals surface area contributed by atoms with E-state index < -0.39 is 53.1 Å². The second kappa shape index (κ2) is 6.71. The molecule has 2 aliphatic rings. The Hall–Kier alpha value is -3.14. The number of ether oxygens (including phenoxy) is 1. The van der Waals surface area contributed by atoms with Gasteiger partial charge in [-0.1, -0.05) is 19.9 Å². The van der Waals surface area contributed by atoms with Crippen molar-refractivity contribution in [3.05, 3.63) is 59.3 Å². The number of aliphatic carboxylic acids is 1. The van der Waals surface area contributed by atoms with Crippen LogP contribution in [0.3, 0.4) is 0 Å². The number of carbonyl (C=O) groups is 1. The Morgan fingerprint density at radius 2 is 1.76 bits per heavy atom. The standard InChI is InChI=1S/C24H20F5NO4/c1-21(2)11-34-23(9-22(10-23,20(32)33)24(27,28)29)18-17-15(4-3-5-16(17)31)30(19(18)21)12-6-7-13(25)14(26)8-12/h3-8,31H,9-11H2,1-2H3,(H,32,33). The molecule has 5 rings (SSSR count). The van der Waals surface area contributed by atoms with E-state index in [2.05, 4.69) is 0 Å². The fourth-order valence-electron chi connectivity index (χ4n) is 5.43. The van der Waals surface area contributed by atoms with Crippen LogP contribution in [0, 0.1) is 17.0 Å². The normalized spacial score (nSPS) is 25.9. The maximum absolute atomic E-state index is 14.2. The minimum absolute atomic E-state index is 0.0473. The Kier molecular flexibility index (Phi) is 4.47. The molecule has 34 heavy (non-hydrogen) atoms. The molecule has 2 aromatic carbocycles. The molecular formula is C24H20F5NO4. The Bertz CT molecular complexity index is 1350. The van der Waals surface area contributed by atoms with Crippen LogP contribution in [0.2, 0.25) is 0 Å². The Morgan fingerprint density at radius 3 is 2.35 bits per heavy atom. The van der Waals surface area contributed by atoms with Crippen molar-refractivity contribution in [3.8, 4) is 11.4 Å². The van der Waals surface area contributed by atoms with Crippen molar-refractivity contribution in [2.45, 2.75) is 43.9 Å². The van der Waals surface area contributed by atoms with Crippen molar-refractivity contribution >= 4 is 16.9 Å².